The highest BCUT2D eigenvalue weighted by Crippen LogP contribution is 2.27. The summed E-state index contributed by atoms with van der Waals surface area (Å²) >= 11 is 11.8. The lowest BCUT2D eigenvalue weighted by Gasteiger charge is -2.01. The van der Waals surface area contributed by atoms with Crippen molar-refractivity contribution < 1.29 is 4.42 Å². The van der Waals surface area contributed by atoms with Crippen LogP contribution in [-0.2, 0) is 0 Å². The van der Waals surface area contributed by atoms with Gasteiger partial charge in [-0.1, -0.05) is 23.2 Å². The Morgan fingerprint density at radius 1 is 1.14 bits per heavy atom. The first kappa shape index (κ1) is 9.56. The van der Waals surface area contributed by atoms with Crippen molar-refractivity contribution in [1.82, 2.24) is 0 Å². The molecule has 14 heavy (non-hydrogen) atoms. The van der Waals surface area contributed by atoms with Crippen LogP contribution in [0.5, 0.6) is 0 Å². The molecule has 2 rings (SSSR count). The van der Waals surface area contributed by atoms with Crippen LogP contribution in [0.3, 0.4) is 0 Å². The third-order valence-corrected chi connectivity index (χ3v) is 2.69. The number of halogens is 2. The van der Waals surface area contributed by atoms with E-state index in [1.165, 1.54) is 6.07 Å². The molecule has 0 bridgehead atoms. The van der Waals surface area contributed by atoms with Crippen molar-refractivity contribution >= 4 is 34.2 Å². The molecule has 1 aromatic heterocycles. The second kappa shape index (κ2) is 3.30. The third-order valence-electron chi connectivity index (χ3n) is 1.97. The summed E-state index contributed by atoms with van der Waals surface area (Å²) in [6.45, 7) is 1.84. The molecule has 0 unspecified atom stereocenters. The Bertz CT molecular complexity index is 558. The Morgan fingerprint density at radius 3 is 2.57 bits per heavy atom. The third kappa shape index (κ3) is 1.51. The van der Waals surface area contributed by atoms with Gasteiger partial charge < -0.3 is 4.42 Å². The summed E-state index contributed by atoms with van der Waals surface area (Å²) in [6.07, 6.45) is 0. The maximum atomic E-state index is 11.0. The van der Waals surface area contributed by atoms with Crippen LogP contribution in [-0.4, -0.2) is 0 Å². The topological polar surface area (TPSA) is 30.2 Å². The predicted octanol–water partition coefficient (Wildman–Crippen LogP) is 3.41. The van der Waals surface area contributed by atoms with Crippen LogP contribution >= 0.6 is 23.2 Å². The summed E-state index contributed by atoms with van der Waals surface area (Å²) < 4.78 is 4.98. The van der Waals surface area contributed by atoms with Gasteiger partial charge in [0.05, 0.1) is 5.02 Å². The standard InChI is InChI=1S/C10H6Cl2O2/c1-5-2-9-6(3-7(5)11)8(12)4-10(13)14-9/h2-4H,1H3. The van der Waals surface area contributed by atoms with Crippen LogP contribution in [0.4, 0.5) is 0 Å². The lowest BCUT2D eigenvalue weighted by Crippen LogP contribution is -1.96. The molecule has 2 aromatic rings. The van der Waals surface area contributed by atoms with Gasteiger partial charge in [-0.25, -0.2) is 4.79 Å². The molecule has 0 saturated heterocycles. The van der Waals surface area contributed by atoms with Crippen molar-refractivity contribution in [3.05, 3.63) is 44.2 Å². The predicted molar refractivity (Wildman–Crippen MR) is 57.2 cm³/mol. The Morgan fingerprint density at radius 2 is 1.86 bits per heavy atom. The van der Waals surface area contributed by atoms with Crippen molar-refractivity contribution in [2.45, 2.75) is 6.92 Å². The van der Waals surface area contributed by atoms with Gasteiger partial charge in [-0.15, -0.1) is 0 Å². The van der Waals surface area contributed by atoms with Gasteiger partial charge in [0.1, 0.15) is 5.58 Å². The van der Waals surface area contributed by atoms with Crippen LogP contribution in [0.15, 0.2) is 27.4 Å². The monoisotopic (exact) mass is 228 g/mol. The summed E-state index contributed by atoms with van der Waals surface area (Å²) in [4.78, 5) is 11.0. The lowest BCUT2D eigenvalue weighted by atomic mass is 10.2. The van der Waals surface area contributed by atoms with Crippen LogP contribution in [0.25, 0.3) is 11.0 Å². The number of hydrogen-bond donors (Lipinski definition) is 0. The zero-order valence-corrected chi connectivity index (χ0v) is 8.82. The molecule has 0 amide bonds. The molecule has 0 saturated carbocycles. The van der Waals surface area contributed by atoms with Gasteiger partial charge in [0.15, 0.2) is 0 Å². The molecule has 2 nitrogen and oxygen atoms in total. The van der Waals surface area contributed by atoms with E-state index < -0.39 is 5.63 Å². The van der Waals surface area contributed by atoms with Crippen molar-refractivity contribution in [1.29, 1.82) is 0 Å². The highest BCUT2D eigenvalue weighted by atomic mass is 35.5. The van der Waals surface area contributed by atoms with E-state index in [2.05, 4.69) is 0 Å². The molecule has 4 heteroatoms. The van der Waals surface area contributed by atoms with Gasteiger partial charge in [0.25, 0.3) is 0 Å². The largest absolute Gasteiger partial charge is 0.423 e. The second-order valence-electron chi connectivity index (χ2n) is 3.01. The highest BCUT2D eigenvalue weighted by molar-refractivity contribution is 6.36. The zero-order chi connectivity index (χ0) is 10.3. The molecule has 0 N–H and O–H groups in total. The number of benzene rings is 1. The number of rotatable bonds is 0. The SMILES string of the molecule is Cc1cc2oc(=O)cc(Cl)c2cc1Cl. The molecule has 0 aliphatic heterocycles. The van der Waals surface area contributed by atoms with E-state index in [4.69, 9.17) is 27.6 Å². The molecule has 1 aromatic carbocycles. The Hall–Kier alpha value is -0.990. The maximum Gasteiger partial charge on any atom is 0.337 e. The van der Waals surface area contributed by atoms with Crippen molar-refractivity contribution in [3.8, 4) is 0 Å². The van der Waals surface area contributed by atoms with E-state index in [0.29, 0.717) is 21.0 Å². The van der Waals surface area contributed by atoms with Crippen LogP contribution in [0.2, 0.25) is 10.0 Å². The van der Waals surface area contributed by atoms with E-state index in [9.17, 15) is 4.79 Å². The smallest absolute Gasteiger partial charge is 0.337 e. The summed E-state index contributed by atoms with van der Waals surface area (Å²) in [5.74, 6) is 0. The van der Waals surface area contributed by atoms with E-state index in [1.807, 2.05) is 6.92 Å². The van der Waals surface area contributed by atoms with Gasteiger partial charge in [-0.05, 0) is 24.6 Å². The van der Waals surface area contributed by atoms with Gasteiger partial charge in [0, 0.05) is 16.5 Å². The fraction of sp³-hybridized carbons (Fsp3) is 0.100. The second-order valence-corrected chi connectivity index (χ2v) is 3.83. The maximum absolute atomic E-state index is 11.0. The van der Waals surface area contributed by atoms with Crippen LogP contribution < -0.4 is 5.63 Å². The van der Waals surface area contributed by atoms with E-state index >= 15 is 0 Å². The number of fused-ring (bicyclic) bond motifs is 1. The van der Waals surface area contributed by atoms with Gasteiger partial charge >= 0.3 is 5.63 Å². The van der Waals surface area contributed by atoms with Gasteiger partial charge in [-0.3, -0.25) is 0 Å². The quantitative estimate of drug-likeness (QED) is 0.648. The number of hydrogen-bond acceptors (Lipinski definition) is 2. The molecular weight excluding hydrogens is 223 g/mol. The normalized spacial score (nSPS) is 10.8. The molecule has 0 fully saturated rings. The van der Waals surface area contributed by atoms with Gasteiger partial charge in [0.2, 0.25) is 0 Å². The minimum atomic E-state index is -0.454. The summed E-state index contributed by atoms with van der Waals surface area (Å²) in [6, 6.07) is 4.62. The first-order valence-electron chi connectivity index (χ1n) is 3.97. The molecule has 1 heterocycles. The summed E-state index contributed by atoms with van der Waals surface area (Å²) in [5.41, 5.74) is 0.859. The van der Waals surface area contributed by atoms with Gasteiger partial charge in [-0.2, -0.15) is 0 Å². The van der Waals surface area contributed by atoms with Crippen molar-refractivity contribution in [2.24, 2.45) is 0 Å². The zero-order valence-electron chi connectivity index (χ0n) is 7.30. The fourth-order valence-corrected chi connectivity index (χ4v) is 1.65. The molecule has 0 radical (unpaired) electrons. The summed E-state index contributed by atoms with van der Waals surface area (Å²) in [5, 5.41) is 1.62. The fourth-order valence-electron chi connectivity index (χ4n) is 1.25. The number of aryl methyl sites for hydroxylation is 1. The van der Waals surface area contributed by atoms with E-state index in [0.717, 1.165) is 5.56 Å². The van der Waals surface area contributed by atoms with Crippen molar-refractivity contribution in [2.75, 3.05) is 0 Å². The molecule has 0 spiro atoms. The average molecular weight is 229 g/mol. The Kier molecular flexibility index (Phi) is 2.25. The highest BCUT2D eigenvalue weighted by Gasteiger charge is 2.06. The van der Waals surface area contributed by atoms with Crippen LogP contribution in [0.1, 0.15) is 5.56 Å². The average Bonchev–Trinajstić information content (AvgIpc) is 2.08. The Labute approximate surface area is 90.1 Å². The van der Waals surface area contributed by atoms with Crippen LogP contribution in [0, 0.1) is 6.92 Å². The first-order valence-corrected chi connectivity index (χ1v) is 4.73. The van der Waals surface area contributed by atoms with Crippen molar-refractivity contribution in [3.63, 3.8) is 0 Å². The minimum absolute atomic E-state index is 0.359. The molecule has 0 atom stereocenters. The molecule has 72 valence electrons. The van der Waals surface area contributed by atoms with E-state index in [1.54, 1.807) is 12.1 Å². The summed E-state index contributed by atoms with van der Waals surface area (Å²) in [7, 11) is 0. The minimum Gasteiger partial charge on any atom is -0.423 e. The Balaban J connectivity index is 2.96. The first-order chi connectivity index (χ1) is 6.58. The molecule has 0 aliphatic rings. The van der Waals surface area contributed by atoms with E-state index in [-0.39, 0.29) is 0 Å². The molecular formula is C10H6Cl2O2. The molecule has 0 aliphatic carbocycles. The lowest BCUT2D eigenvalue weighted by molar-refractivity contribution is 0.561.